The highest BCUT2D eigenvalue weighted by Crippen LogP contribution is 2.34. The largest absolute Gasteiger partial charge is 0.497 e. The second-order valence-electron chi connectivity index (χ2n) is 8.06. The van der Waals surface area contributed by atoms with Crippen LogP contribution in [0.3, 0.4) is 0 Å². The normalized spacial score (nSPS) is 14.1. The second-order valence-corrected chi connectivity index (χ2v) is 8.06. The minimum atomic E-state index is -0.372. The SMILES string of the molecule is COc1cc(F)cc(-c2nccc3[nH]c(-c4n[nH]c5ncc(C6=CCNCC6)cc45)cc23)c1. The Morgan fingerprint density at radius 3 is 2.79 bits per heavy atom. The lowest BCUT2D eigenvalue weighted by Crippen LogP contribution is -2.20. The Kier molecular flexibility index (Phi) is 4.66. The number of fused-ring (bicyclic) bond motifs is 2. The number of pyridine rings is 2. The maximum atomic E-state index is 14.1. The predicted octanol–water partition coefficient (Wildman–Crippen LogP) is 4.69. The molecule has 6 rings (SSSR count). The van der Waals surface area contributed by atoms with E-state index in [1.165, 1.54) is 24.8 Å². The van der Waals surface area contributed by atoms with E-state index >= 15 is 0 Å². The number of H-pyrrole nitrogens is 2. The zero-order valence-corrected chi connectivity index (χ0v) is 17.9. The maximum absolute atomic E-state index is 14.1. The van der Waals surface area contributed by atoms with Gasteiger partial charge >= 0.3 is 0 Å². The summed E-state index contributed by atoms with van der Waals surface area (Å²) in [5.74, 6) is 0.0757. The number of hydrogen-bond acceptors (Lipinski definition) is 5. The lowest BCUT2D eigenvalue weighted by Gasteiger charge is -2.13. The van der Waals surface area contributed by atoms with E-state index in [9.17, 15) is 4.39 Å². The molecule has 1 aliphatic rings. The molecule has 0 saturated carbocycles. The number of hydrogen-bond donors (Lipinski definition) is 3. The van der Waals surface area contributed by atoms with E-state index in [-0.39, 0.29) is 5.82 Å². The first-order valence-electron chi connectivity index (χ1n) is 10.8. The van der Waals surface area contributed by atoms with Crippen molar-refractivity contribution in [1.82, 2.24) is 30.5 Å². The quantitative estimate of drug-likeness (QED) is 0.377. The molecule has 1 aromatic carbocycles. The average Bonchev–Trinajstić information content (AvgIpc) is 3.47. The number of halogens is 1. The van der Waals surface area contributed by atoms with Gasteiger partial charge in [0.05, 0.1) is 18.5 Å². The molecule has 0 atom stereocenters. The van der Waals surface area contributed by atoms with Crippen LogP contribution in [0.2, 0.25) is 0 Å². The van der Waals surface area contributed by atoms with Crippen molar-refractivity contribution in [2.24, 2.45) is 0 Å². The van der Waals surface area contributed by atoms with Crippen molar-refractivity contribution in [2.75, 3.05) is 20.2 Å². The van der Waals surface area contributed by atoms with E-state index in [0.717, 1.165) is 58.4 Å². The molecule has 33 heavy (non-hydrogen) atoms. The van der Waals surface area contributed by atoms with Gasteiger partial charge in [-0.3, -0.25) is 10.1 Å². The van der Waals surface area contributed by atoms with Gasteiger partial charge < -0.3 is 15.0 Å². The van der Waals surface area contributed by atoms with Crippen molar-refractivity contribution in [3.63, 3.8) is 0 Å². The number of aromatic amines is 2. The molecule has 0 amide bonds. The molecule has 1 aliphatic heterocycles. The number of benzene rings is 1. The van der Waals surface area contributed by atoms with Crippen molar-refractivity contribution in [2.45, 2.75) is 6.42 Å². The first-order chi connectivity index (χ1) is 16.2. The van der Waals surface area contributed by atoms with Gasteiger partial charge in [-0.2, -0.15) is 5.10 Å². The Morgan fingerprint density at radius 1 is 1.00 bits per heavy atom. The van der Waals surface area contributed by atoms with Crippen molar-refractivity contribution < 1.29 is 9.13 Å². The Labute approximate surface area is 188 Å². The summed E-state index contributed by atoms with van der Waals surface area (Å²) in [5.41, 5.74) is 6.97. The number of methoxy groups -OCH3 is 1. The lowest BCUT2D eigenvalue weighted by atomic mass is 10.0. The predicted molar refractivity (Wildman–Crippen MR) is 126 cm³/mol. The third kappa shape index (κ3) is 3.44. The third-order valence-electron chi connectivity index (χ3n) is 6.03. The number of rotatable bonds is 4. The van der Waals surface area contributed by atoms with Crippen LogP contribution in [-0.4, -0.2) is 45.3 Å². The molecule has 0 spiro atoms. The Bertz CT molecular complexity index is 1530. The van der Waals surface area contributed by atoms with Crippen molar-refractivity contribution >= 4 is 27.5 Å². The van der Waals surface area contributed by atoms with Crippen LogP contribution in [-0.2, 0) is 0 Å². The van der Waals surface area contributed by atoms with Crippen LogP contribution < -0.4 is 10.1 Å². The van der Waals surface area contributed by atoms with Gasteiger partial charge in [0, 0.05) is 46.9 Å². The van der Waals surface area contributed by atoms with Gasteiger partial charge in [0.2, 0.25) is 0 Å². The summed E-state index contributed by atoms with van der Waals surface area (Å²) in [5, 5.41) is 12.7. The molecular weight excluding hydrogens is 419 g/mol. The maximum Gasteiger partial charge on any atom is 0.155 e. The van der Waals surface area contributed by atoms with E-state index in [0.29, 0.717) is 17.0 Å². The van der Waals surface area contributed by atoms with Gasteiger partial charge in [0.25, 0.3) is 0 Å². The van der Waals surface area contributed by atoms with Crippen LogP contribution in [0.15, 0.2) is 54.9 Å². The summed E-state index contributed by atoms with van der Waals surface area (Å²) >= 11 is 0. The van der Waals surface area contributed by atoms with E-state index in [1.54, 1.807) is 12.3 Å². The van der Waals surface area contributed by atoms with Crippen LogP contribution in [0, 0.1) is 5.82 Å². The zero-order valence-electron chi connectivity index (χ0n) is 17.9. The summed E-state index contributed by atoms with van der Waals surface area (Å²) < 4.78 is 19.4. The van der Waals surface area contributed by atoms with Crippen molar-refractivity contribution in [1.29, 1.82) is 0 Å². The molecule has 3 N–H and O–H groups in total. The van der Waals surface area contributed by atoms with Gasteiger partial charge in [-0.05, 0) is 54.4 Å². The molecule has 0 fully saturated rings. The zero-order chi connectivity index (χ0) is 22.4. The van der Waals surface area contributed by atoms with Gasteiger partial charge in [-0.15, -0.1) is 0 Å². The monoisotopic (exact) mass is 440 g/mol. The Balaban J connectivity index is 1.48. The Morgan fingerprint density at radius 2 is 1.94 bits per heavy atom. The minimum absolute atomic E-state index is 0.372. The van der Waals surface area contributed by atoms with Crippen molar-refractivity contribution in [3.05, 3.63) is 66.2 Å². The molecule has 8 heteroatoms. The summed E-state index contributed by atoms with van der Waals surface area (Å²) in [6.07, 6.45) is 6.78. The first kappa shape index (κ1) is 19.6. The number of aromatic nitrogens is 5. The third-order valence-corrected chi connectivity index (χ3v) is 6.03. The molecule has 0 aliphatic carbocycles. The fourth-order valence-electron chi connectivity index (χ4n) is 4.40. The molecular formula is C25H21FN6O. The molecule has 4 aromatic heterocycles. The number of nitrogens with one attached hydrogen (secondary N) is 3. The van der Waals surface area contributed by atoms with Gasteiger partial charge in [-0.25, -0.2) is 9.37 Å². The minimum Gasteiger partial charge on any atom is -0.497 e. The average molecular weight is 440 g/mol. The number of nitrogens with zero attached hydrogens (tertiary/aromatic N) is 3. The molecule has 0 radical (unpaired) electrons. The highest BCUT2D eigenvalue weighted by atomic mass is 19.1. The first-order valence-corrected chi connectivity index (χ1v) is 10.8. The van der Waals surface area contributed by atoms with Crippen LogP contribution >= 0.6 is 0 Å². The Hall–Kier alpha value is -4.04. The highest BCUT2D eigenvalue weighted by molar-refractivity contribution is 5.99. The van der Waals surface area contributed by atoms with E-state index < -0.39 is 0 Å². The van der Waals surface area contributed by atoms with Crippen LogP contribution in [0.25, 0.3) is 50.2 Å². The molecule has 5 aromatic rings. The van der Waals surface area contributed by atoms with E-state index in [2.05, 4.69) is 42.6 Å². The summed E-state index contributed by atoms with van der Waals surface area (Å²) in [6.45, 7) is 1.83. The lowest BCUT2D eigenvalue weighted by molar-refractivity contribution is 0.411. The summed E-state index contributed by atoms with van der Waals surface area (Å²) in [4.78, 5) is 12.6. The van der Waals surface area contributed by atoms with Crippen LogP contribution in [0.4, 0.5) is 4.39 Å². The molecule has 164 valence electrons. The topological polar surface area (TPSA) is 91.5 Å². The molecule has 0 unspecified atom stereocenters. The number of ether oxygens (including phenoxy) is 1. The van der Waals surface area contributed by atoms with Gasteiger partial charge in [0.15, 0.2) is 5.65 Å². The van der Waals surface area contributed by atoms with Gasteiger partial charge in [-0.1, -0.05) is 6.08 Å². The smallest absolute Gasteiger partial charge is 0.155 e. The second kappa shape index (κ2) is 7.83. The molecule has 7 nitrogen and oxygen atoms in total. The van der Waals surface area contributed by atoms with Gasteiger partial charge in [0.1, 0.15) is 17.3 Å². The van der Waals surface area contributed by atoms with Crippen LogP contribution in [0.5, 0.6) is 5.75 Å². The highest BCUT2D eigenvalue weighted by Gasteiger charge is 2.17. The molecule has 0 bridgehead atoms. The summed E-state index contributed by atoms with van der Waals surface area (Å²) in [7, 11) is 1.52. The standard InChI is InChI=1S/C25H21FN6O/c1-33-18-9-15(8-17(26)11-18)23-19-12-22(30-21(19)4-7-28-23)24-20-10-16(13-29-25(20)32-31-24)14-2-5-27-6-3-14/h2,4,7-13,27,30H,3,5-6H2,1H3,(H,29,31,32). The fourth-order valence-corrected chi connectivity index (χ4v) is 4.40. The van der Waals surface area contributed by atoms with E-state index in [4.69, 9.17) is 4.74 Å². The molecule has 5 heterocycles. The van der Waals surface area contributed by atoms with E-state index in [1.807, 2.05) is 18.3 Å². The van der Waals surface area contributed by atoms with Crippen molar-refractivity contribution in [3.8, 4) is 28.4 Å². The summed E-state index contributed by atoms with van der Waals surface area (Å²) in [6, 6.07) is 10.6. The fraction of sp³-hybridized carbons (Fsp3) is 0.160. The van der Waals surface area contributed by atoms with Crippen LogP contribution in [0.1, 0.15) is 12.0 Å². The molecule has 0 saturated heterocycles.